The van der Waals surface area contributed by atoms with Gasteiger partial charge in [0.25, 0.3) is 0 Å². The van der Waals surface area contributed by atoms with Crippen LogP contribution in [0.4, 0.5) is 0 Å². The molecule has 0 spiro atoms. The molecule has 32 heavy (non-hydrogen) atoms. The normalized spacial score (nSPS) is 27.4. The van der Waals surface area contributed by atoms with Crippen molar-refractivity contribution in [2.75, 3.05) is 26.3 Å². The summed E-state index contributed by atoms with van der Waals surface area (Å²) in [7, 11) is 0. The highest BCUT2D eigenvalue weighted by Crippen LogP contribution is 2.30. The summed E-state index contributed by atoms with van der Waals surface area (Å²) in [5.74, 6) is -1.11. The van der Waals surface area contributed by atoms with Gasteiger partial charge in [-0.1, -0.05) is 35.5 Å². The molecule has 3 aliphatic heterocycles. The first kappa shape index (κ1) is 22.1. The number of hydrogen-bond donors (Lipinski definition) is 2. The predicted octanol–water partition coefficient (Wildman–Crippen LogP) is 3.06. The van der Waals surface area contributed by atoms with Crippen molar-refractivity contribution in [1.29, 1.82) is 0 Å². The summed E-state index contributed by atoms with van der Waals surface area (Å²) >= 11 is 0. The first-order valence-corrected chi connectivity index (χ1v) is 10.9. The van der Waals surface area contributed by atoms with E-state index < -0.39 is 5.97 Å². The maximum atomic E-state index is 12.6. The number of phenolic OH excluding ortho intramolecular Hbond substituents is 2. The molecule has 0 bridgehead atoms. The number of benzene rings is 1. The van der Waals surface area contributed by atoms with Crippen LogP contribution in [0.15, 0.2) is 53.7 Å². The van der Waals surface area contributed by atoms with Gasteiger partial charge in [-0.25, -0.2) is 4.79 Å². The van der Waals surface area contributed by atoms with E-state index in [0.717, 1.165) is 32.0 Å². The van der Waals surface area contributed by atoms with E-state index in [0.29, 0.717) is 24.3 Å². The summed E-state index contributed by atoms with van der Waals surface area (Å²) in [6.45, 7) is 2.30. The van der Waals surface area contributed by atoms with E-state index in [1.165, 1.54) is 6.07 Å². The lowest BCUT2D eigenvalue weighted by Gasteiger charge is -2.12. The molecule has 1 aromatic carbocycles. The Morgan fingerprint density at radius 2 is 1.84 bits per heavy atom. The van der Waals surface area contributed by atoms with Crippen LogP contribution in [-0.2, 0) is 20.7 Å². The third-order valence-electron chi connectivity index (χ3n) is 5.44. The summed E-state index contributed by atoms with van der Waals surface area (Å²) in [5.41, 5.74) is 0.998. The van der Waals surface area contributed by atoms with Gasteiger partial charge in [0.2, 0.25) is 0 Å². The van der Waals surface area contributed by atoms with Crippen molar-refractivity contribution in [2.45, 2.75) is 38.0 Å². The number of cyclic esters (lactones) is 1. The summed E-state index contributed by atoms with van der Waals surface area (Å²) < 4.78 is 11.0. The quantitative estimate of drug-likeness (QED) is 0.321. The molecule has 1 aromatic rings. The van der Waals surface area contributed by atoms with Crippen molar-refractivity contribution in [1.82, 2.24) is 4.90 Å². The molecule has 0 aromatic heterocycles. The Kier molecular flexibility index (Phi) is 7.24. The molecule has 0 aliphatic carbocycles. The Hall–Kier alpha value is -3.10. The van der Waals surface area contributed by atoms with Gasteiger partial charge in [0.1, 0.15) is 36.0 Å². The number of oxime groups is 1. The number of epoxide rings is 1. The van der Waals surface area contributed by atoms with Gasteiger partial charge in [-0.2, -0.15) is 0 Å². The number of aromatic hydroxyl groups is 2. The number of fused-ring (bicyclic) bond motifs is 1. The molecule has 0 saturated carbocycles. The standard InChI is InChI=1S/C24H28N2O6/c27-19-14-17-13-18(25-31-16-21-23(32-21)26-10-6-7-11-26)9-5-3-1-2-4-8-12-30-24(29)22(17)20(28)15-19/h2,4-7,9,14-15,21,23,27-28H,1,3,8,10-13,16H2/b4-2+,9-5+,25-18+. The lowest BCUT2D eigenvalue weighted by Crippen LogP contribution is -2.26. The maximum absolute atomic E-state index is 12.6. The fraction of sp³-hybridized carbons (Fsp3) is 0.417. The number of rotatable bonds is 4. The van der Waals surface area contributed by atoms with Crippen LogP contribution in [0.25, 0.3) is 0 Å². The second kappa shape index (κ2) is 10.5. The van der Waals surface area contributed by atoms with Crippen LogP contribution in [0, 0.1) is 0 Å². The lowest BCUT2D eigenvalue weighted by molar-refractivity contribution is 0.0507. The van der Waals surface area contributed by atoms with E-state index >= 15 is 0 Å². The van der Waals surface area contributed by atoms with Crippen LogP contribution in [-0.4, -0.2) is 65.4 Å². The second-order valence-corrected chi connectivity index (χ2v) is 7.92. The Balaban J connectivity index is 1.49. The minimum Gasteiger partial charge on any atom is -0.508 e. The van der Waals surface area contributed by atoms with Gasteiger partial charge in [-0.05, 0) is 37.0 Å². The molecule has 2 unspecified atom stereocenters. The Morgan fingerprint density at radius 1 is 1.06 bits per heavy atom. The molecule has 0 amide bonds. The Bertz CT molecular complexity index is 944. The second-order valence-electron chi connectivity index (χ2n) is 7.92. The zero-order valence-corrected chi connectivity index (χ0v) is 17.9. The molecule has 1 saturated heterocycles. The zero-order chi connectivity index (χ0) is 22.3. The molecule has 3 heterocycles. The molecule has 170 valence electrons. The fourth-order valence-electron chi connectivity index (χ4n) is 3.77. The van der Waals surface area contributed by atoms with Gasteiger partial charge < -0.3 is 24.5 Å². The SMILES string of the molecule is O=C1OCC/C=C/CC/C=C/C(=N\OCC2OC2N2CC=CC2)Cc2cc(O)cc(O)c21. The van der Waals surface area contributed by atoms with E-state index in [-0.39, 0.29) is 42.4 Å². The number of allylic oxidation sites excluding steroid dienone is 3. The molecular formula is C24H28N2O6. The number of ether oxygens (including phenoxy) is 2. The molecule has 8 nitrogen and oxygen atoms in total. The minimum absolute atomic E-state index is 0.0251. The fourth-order valence-corrected chi connectivity index (χ4v) is 3.77. The van der Waals surface area contributed by atoms with Gasteiger partial charge in [0.15, 0.2) is 0 Å². The monoisotopic (exact) mass is 440 g/mol. The van der Waals surface area contributed by atoms with Crippen LogP contribution in [0.5, 0.6) is 11.5 Å². The van der Waals surface area contributed by atoms with Gasteiger partial charge >= 0.3 is 5.97 Å². The smallest absolute Gasteiger partial charge is 0.342 e. The predicted molar refractivity (Wildman–Crippen MR) is 119 cm³/mol. The number of esters is 1. The zero-order valence-electron chi connectivity index (χ0n) is 17.9. The summed E-state index contributed by atoms with van der Waals surface area (Å²) in [5, 5.41) is 24.5. The van der Waals surface area contributed by atoms with Crippen molar-refractivity contribution >= 4 is 11.7 Å². The van der Waals surface area contributed by atoms with Gasteiger partial charge in [0.05, 0.1) is 12.3 Å². The summed E-state index contributed by atoms with van der Waals surface area (Å²) in [6, 6.07) is 2.57. The van der Waals surface area contributed by atoms with Gasteiger partial charge in [0, 0.05) is 25.6 Å². The van der Waals surface area contributed by atoms with Crippen molar-refractivity contribution in [3.8, 4) is 11.5 Å². The Labute approximate surface area is 187 Å². The number of phenols is 2. The Morgan fingerprint density at radius 3 is 2.69 bits per heavy atom. The van der Waals surface area contributed by atoms with Crippen LogP contribution in [0.1, 0.15) is 35.2 Å². The molecule has 2 atom stereocenters. The number of carbonyl (C=O) groups excluding carboxylic acids is 1. The molecule has 1 fully saturated rings. The summed E-state index contributed by atoms with van der Waals surface area (Å²) in [6.07, 6.45) is 14.6. The van der Waals surface area contributed by atoms with Crippen LogP contribution in [0.2, 0.25) is 0 Å². The van der Waals surface area contributed by atoms with E-state index in [1.54, 1.807) is 0 Å². The minimum atomic E-state index is -0.638. The average molecular weight is 440 g/mol. The van der Waals surface area contributed by atoms with Crippen LogP contribution >= 0.6 is 0 Å². The number of hydrogen-bond acceptors (Lipinski definition) is 8. The molecule has 0 radical (unpaired) electrons. The third kappa shape index (κ3) is 5.77. The highest BCUT2D eigenvalue weighted by atomic mass is 16.7. The first-order chi connectivity index (χ1) is 15.6. The molecule has 8 heteroatoms. The van der Waals surface area contributed by atoms with Crippen molar-refractivity contribution < 1.29 is 29.3 Å². The van der Waals surface area contributed by atoms with E-state index in [2.05, 4.69) is 22.2 Å². The highest BCUT2D eigenvalue weighted by molar-refractivity contribution is 6.00. The largest absolute Gasteiger partial charge is 0.508 e. The van der Waals surface area contributed by atoms with E-state index in [4.69, 9.17) is 14.3 Å². The molecule has 3 aliphatic rings. The van der Waals surface area contributed by atoms with Crippen molar-refractivity contribution in [2.24, 2.45) is 5.16 Å². The molecule has 4 rings (SSSR count). The third-order valence-corrected chi connectivity index (χ3v) is 5.44. The van der Waals surface area contributed by atoms with E-state index in [1.807, 2.05) is 24.3 Å². The average Bonchev–Trinajstić information content (AvgIpc) is 3.30. The van der Waals surface area contributed by atoms with Crippen LogP contribution < -0.4 is 0 Å². The van der Waals surface area contributed by atoms with Gasteiger partial charge in [-0.15, -0.1) is 0 Å². The highest BCUT2D eigenvalue weighted by Gasteiger charge is 2.44. The van der Waals surface area contributed by atoms with E-state index in [9.17, 15) is 15.0 Å². The van der Waals surface area contributed by atoms with Crippen LogP contribution in [0.3, 0.4) is 0 Å². The lowest BCUT2D eigenvalue weighted by atomic mass is 10.00. The van der Waals surface area contributed by atoms with Crippen molar-refractivity contribution in [3.05, 3.63) is 59.7 Å². The van der Waals surface area contributed by atoms with Gasteiger partial charge in [-0.3, -0.25) is 4.90 Å². The number of carbonyl (C=O) groups is 1. The maximum Gasteiger partial charge on any atom is 0.342 e. The topological polar surface area (TPSA) is 104 Å². The molecular weight excluding hydrogens is 412 g/mol. The summed E-state index contributed by atoms with van der Waals surface area (Å²) in [4.78, 5) is 20.4. The first-order valence-electron chi connectivity index (χ1n) is 10.9. The molecule has 2 N–H and O–H groups in total. The number of nitrogens with zero attached hydrogens (tertiary/aromatic N) is 2. The van der Waals surface area contributed by atoms with Crippen molar-refractivity contribution in [3.63, 3.8) is 0 Å².